The van der Waals surface area contributed by atoms with E-state index in [1.54, 1.807) is 23.1 Å². The van der Waals surface area contributed by atoms with Gasteiger partial charge in [-0.1, -0.05) is 6.07 Å². The molecule has 0 aliphatic carbocycles. The zero-order valence-electron chi connectivity index (χ0n) is 8.44. The summed E-state index contributed by atoms with van der Waals surface area (Å²) in [4.78, 5) is 13.3. The molecule has 1 amide bonds. The van der Waals surface area contributed by atoms with E-state index in [4.69, 9.17) is 5.73 Å². The number of amides is 1. The van der Waals surface area contributed by atoms with Crippen LogP contribution in [-0.4, -0.2) is 24.1 Å². The van der Waals surface area contributed by atoms with E-state index in [-0.39, 0.29) is 11.7 Å². The standard InChI is InChI=1S/C11H14N2O2/c12-4-1-5-13-10-7-9(14)3-2-8(10)6-11(13)15/h2-3,7,14H,1,4-6,12H2. The number of hydrogen-bond acceptors (Lipinski definition) is 3. The summed E-state index contributed by atoms with van der Waals surface area (Å²) < 4.78 is 0. The summed E-state index contributed by atoms with van der Waals surface area (Å²) >= 11 is 0. The average molecular weight is 206 g/mol. The van der Waals surface area contributed by atoms with Gasteiger partial charge in [0, 0.05) is 12.6 Å². The Hall–Kier alpha value is -1.55. The molecule has 0 spiro atoms. The third-order valence-electron chi connectivity index (χ3n) is 2.59. The second kappa shape index (κ2) is 3.90. The first-order valence-corrected chi connectivity index (χ1v) is 5.04. The molecule has 0 saturated heterocycles. The molecule has 80 valence electrons. The van der Waals surface area contributed by atoms with Crippen LogP contribution in [0, 0.1) is 0 Å². The SMILES string of the molecule is NCCCN1C(=O)Cc2ccc(O)cc21. The van der Waals surface area contributed by atoms with Gasteiger partial charge >= 0.3 is 0 Å². The number of phenols is 1. The van der Waals surface area contributed by atoms with E-state index in [9.17, 15) is 9.90 Å². The van der Waals surface area contributed by atoms with Crippen molar-refractivity contribution >= 4 is 11.6 Å². The molecule has 1 aliphatic rings. The van der Waals surface area contributed by atoms with Crippen molar-refractivity contribution in [2.45, 2.75) is 12.8 Å². The van der Waals surface area contributed by atoms with Crippen LogP contribution in [0.3, 0.4) is 0 Å². The molecule has 0 unspecified atom stereocenters. The van der Waals surface area contributed by atoms with Crippen molar-refractivity contribution in [1.82, 2.24) is 0 Å². The largest absolute Gasteiger partial charge is 0.508 e. The highest BCUT2D eigenvalue weighted by Crippen LogP contribution is 2.31. The number of nitrogens with zero attached hydrogens (tertiary/aromatic N) is 1. The second-order valence-corrected chi connectivity index (χ2v) is 3.68. The summed E-state index contributed by atoms with van der Waals surface area (Å²) in [5.74, 6) is 0.283. The van der Waals surface area contributed by atoms with Crippen molar-refractivity contribution in [3.8, 4) is 5.75 Å². The van der Waals surface area contributed by atoms with E-state index >= 15 is 0 Å². The van der Waals surface area contributed by atoms with Crippen molar-refractivity contribution in [3.63, 3.8) is 0 Å². The first-order chi connectivity index (χ1) is 7.22. The smallest absolute Gasteiger partial charge is 0.231 e. The van der Waals surface area contributed by atoms with E-state index in [0.717, 1.165) is 17.7 Å². The molecule has 1 heterocycles. The number of benzene rings is 1. The maximum atomic E-state index is 11.7. The number of carbonyl (C=O) groups excluding carboxylic acids is 1. The maximum Gasteiger partial charge on any atom is 0.231 e. The molecule has 2 rings (SSSR count). The van der Waals surface area contributed by atoms with Gasteiger partial charge in [-0.15, -0.1) is 0 Å². The van der Waals surface area contributed by atoms with Crippen molar-refractivity contribution in [3.05, 3.63) is 23.8 Å². The minimum absolute atomic E-state index is 0.0871. The number of carbonyl (C=O) groups is 1. The van der Waals surface area contributed by atoms with Crippen LogP contribution in [0.2, 0.25) is 0 Å². The van der Waals surface area contributed by atoms with Crippen LogP contribution >= 0.6 is 0 Å². The highest BCUT2D eigenvalue weighted by Gasteiger charge is 2.26. The Morgan fingerprint density at radius 3 is 3.00 bits per heavy atom. The van der Waals surface area contributed by atoms with Gasteiger partial charge in [0.15, 0.2) is 0 Å². The molecule has 0 fully saturated rings. The van der Waals surface area contributed by atoms with Gasteiger partial charge < -0.3 is 15.7 Å². The molecule has 0 atom stereocenters. The second-order valence-electron chi connectivity index (χ2n) is 3.68. The quantitative estimate of drug-likeness (QED) is 0.762. The van der Waals surface area contributed by atoms with Crippen LogP contribution in [0.5, 0.6) is 5.75 Å². The third-order valence-corrected chi connectivity index (χ3v) is 2.59. The topological polar surface area (TPSA) is 66.6 Å². The lowest BCUT2D eigenvalue weighted by molar-refractivity contribution is -0.117. The molecule has 4 heteroatoms. The van der Waals surface area contributed by atoms with E-state index < -0.39 is 0 Å². The molecule has 3 N–H and O–H groups in total. The monoisotopic (exact) mass is 206 g/mol. The van der Waals surface area contributed by atoms with Crippen molar-refractivity contribution < 1.29 is 9.90 Å². The van der Waals surface area contributed by atoms with E-state index in [0.29, 0.717) is 19.5 Å². The summed E-state index contributed by atoms with van der Waals surface area (Å²) in [6.45, 7) is 1.20. The predicted molar refractivity (Wildman–Crippen MR) is 57.8 cm³/mol. The number of aromatic hydroxyl groups is 1. The van der Waals surface area contributed by atoms with Gasteiger partial charge in [-0.05, 0) is 24.6 Å². The van der Waals surface area contributed by atoms with Crippen LogP contribution < -0.4 is 10.6 Å². The fraction of sp³-hybridized carbons (Fsp3) is 0.364. The molecular weight excluding hydrogens is 192 g/mol. The fourth-order valence-corrected chi connectivity index (χ4v) is 1.84. The van der Waals surface area contributed by atoms with Crippen LogP contribution in [0.1, 0.15) is 12.0 Å². The average Bonchev–Trinajstić information content (AvgIpc) is 2.51. The molecule has 1 aromatic carbocycles. The Morgan fingerprint density at radius 1 is 1.47 bits per heavy atom. The maximum absolute atomic E-state index is 11.7. The molecular formula is C11H14N2O2. The van der Waals surface area contributed by atoms with Gasteiger partial charge in [-0.2, -0.15) is 0 Å². The lowest BCUT2D eigenvalue weighted by Gasteiger charge is -2.16. The van der Waals surface area contributed by atoms with Gasteiger partial charge in [0.1, 0.15) is 5.75 Å². The molecule has 0 bridgehead atoms. The Labute approximate surface area is 88.3 Å². The minimum atomic E-state index is 0.0871. The Kier molecular flexibility index (Phi) is 2.60. The predicted octanol–water partition coefficient (Wildman–Crippen LogP) is 0.630. The lowest BCUT2D eigenvalue weighted by Crippen LogP contribution is -2.29. The van der Waals surface area contributed by atoms with Gasteiger partial charge in [0.05, 0.1) is 12.1 Å². The highest BCUT2D eigenvalue weighted by molar-refractivity contribution is 6.01. The zero-order valence-corrected chi connectivity index (χ0v) is 8.44. The van der Waals surface area contributed by atoms with Gasteiger partial charge in [0.25, 0.3) is 0 Å². The normalized spacial score (nSPS) is 14.5. The van der Waals surface area contributed by atoms with Gasteiger partial charge in [0.2, 0.25) is 5.91 Å². The summed E-state index contributed by atoms with van der Waals surface area (Å²) in [7, 11) is 0. The van der Waals surface area contributed by atoms with Crippen LogP contribution in [-0.2, 0) is 11.2 Å². The van der Waals surface area contributed by atoms with Crippen LogP contribution in [0.15, 0.2) is 18.2 Å². The molecule has 1 aliphatic heterocycles. The number of anilines is 1. The number of rotatable bonds is 3. The molecule has 0 saturated carbocycles. The molecule has 1 aromatic rings. The molecule has 0 radical (unpaired) electrons. The van der Waals surface area contributed by atoms with E-state index in [1.807, 2.05) is 0 Å². The fourth-order valence-electron chi connectivity index (χ4n) is 1.84. The molecule has 15 heavy (non-hydrogen) atoms. The zero-order chi connectivity index (χ0) is 10.8. The Morgan fingerprint density at radius 2 is 2.27 bits per heavy atom. The van der Waals surface area contributed by atoms with Crippen molar-refractivity contribution in [2.24, 2.45) is 5.73 Å². The first kappa shape index (κ1) is 9.98. The molecule has 4 nitrogen and oxygen atoms in total. The third kappa shape index (κ3) is 1.80. The first-order valence-electron chi connectivity index (χ1n) is 5.04. The van der Waals surface area contributed by atoms with E-state index in [2.05, 4.69) is 0 Å². The number of fused-ring (bicyclic) bond motifs is 1. The van der Waals surface area contributed by atoms with Crippen LogP contribution in [0.4, 0.5) is 5.69 Å². The Balaban J connectivity index is 2.27. The molecule has 0 aromatic heterocycles. The van der Waals surface area contributed by atoms with Crippen LogP contribution in [0.25, 0.3) is 0 Å². The summed E-state index contributed by atoms with van der Waals surface area (Å²) in [5.41, 5.74) is 7.22. The number of nitrogens with two attached hydrogens (primary N) is 1. The highest BCUT2D eigenvalue weighted by atomic mass is 16.3. The van der Waals surface area contributed by atoms with Crippen molar-refractivity contribution in [1.29, 1.82) is 0 Å². The van der Waals surface area contributed by atoms with E-state index in [1.165, 1.54) is 0 Å². The van der Waals surface area contributed by atoms with Gasteiger partial charge in [-0.3, -0.25) is 4.79 Å². The summed E-state index contributed by atoms with van der Waals surface area (Å²) in [6.07, 6.45) is 1.21. The van der Waals surface area contributed by atoms with Gasteiger partial charge in [-0.25, -0.2) is 0 Å². The summed E-state index contributed by atoms with van der Waals surface area (Å²) in [6, 6.07) is 5.04. The lowest BCUT2D eigenvalue weighted by atomic mass is 10.1. The summed E-state index contributed by atoms with van der Waals surface area (Å²) in [5, 5.41) is 9.36. The number of hydrogen-bond donors (Lipinski definition) is 2. The van der Waals surface area contributed by atoms with Crippen molar-refractivity contribution in [2.75, 3.05) is 18.0 Å². The Bertz CT molecular complexity index is 390. The number of phenolic OH excluding ortho intramolecular Hbond substituents is 1. The minimum Gasteiger partial charge on any atom is -0.508 e.